The lowest BCUT2D eigenvalue weighted by molar-refractivity contribution is -0.146. The fraction of sp³-hybridized carbons (Fsp3) is 0.400. The third kappa shape index (κ3) is 7.12. The molecule has 3 amide bonds. The fourth-order valence-electron chi connectivity index (χ4n) is 3.76. The van der Waals surface area contributed by atoms with E-state index in [-0.39, 0.29) is 35.3 Å². The van der Waals surface area contributed by atoms with Crippen LogP contribution in [0.2, 0.25) is 0 Å². The Morgan fingerprint density at radius 2 is 1.71 bits per heavy atom. The molecular weight excluding hydrogens is 470 g/mol. The summed E-state index contributed by atoms with van der Waals surface area (Å²) >= 11 is 1.41. The van der Waals surface area contributed by atoms with Crippen LogP contribution in [0, 0.1) is 0 Å². The zero-order chi connectivity index (χ0) is 25.8. The highest BCUT2D eigenvalue weighted by atomic mass is 32.2. The summed E-state index contributed by atoms with van der Waals surface area (Å²) in [6.45, 7) is 5.54. The van der Waals surface area contributed by atoms with E-state index in [0.717, 1.165) is 11.6 Å². The Morgan fingerprint density at radius 1 is 1.09 bits per heavy atom. The van der Waals surface area contributed by atoms with Crippen molar-refractivity contribution in [2.24, 2.45) is 0 Å². The number of hydrogen-bond acceptors (Lipinski definition) is 7. The van der Waals surface area contributed by atoms with Gasteiger partial charge in [0.05, 0.1) is 11.9 Å². The van der Waals surface area contributed by atoms with Crippen molar-refractivity contribution in [1.82, 2.24) is 15.5 Å². The van der Waals surface area contributed by atoms with Crippen LogP contribution in [0.5, 0.6) is 11.5 Å². The number of nitrogens with zero attached hydrogens (tertiary/aromatic N) is 1. The first-order valence-corrected chi connectivity index (χ1v) is 12.4. The molecule has 0 saturated carbocycles. The van der Waals surface area contributed by atoms with Gasteiger partial charge in [-0.05, 0) is 44.9 Å². The van der Waals surface area contributed by atoms with Gasteiger partial charge >= 0.3 is 0 Å². The number of aliphatic hydroxyl groups is 1. The number of hydrogen-bond donors (Lipinski definition) is 5. The summed E-state index contributed by atoms with van der Waals surface area (Å²) < 4.78 is 0. The molecule has 0 bridgehead atoms. The molecule has 10 heteroatoms. The van der Waals surface area contributed by atoms with Crippen LogP contribution in [0.3, 0.4) is 0 Å². The van der Waals surface area contributed by atoms with Crippen molar-refractivity contribution in [2.45, 2.75) is 50.9 Å². The number of phenols is 2. The van der Waals surface area contributed by atoms with Crippen molar-refractivity contribution < 1.29 is 29.7 Å². The van der Waals surface area contributed by atoms with Gasteiger partial charge in [0, 0.05) is 22.9 Å². The van der Waals surface area contributed by atoms with Crippen LogP contribution >= 0.6 is 11.8 Å². The first-order chi connectivity index (χ1) is 16.4. The Hall–Kier alpha value is -3.24. The smallest absolute Gasteiger partial charge is 0.254 e. The van der Waals surface area contributed by atoms with Crippen molar-refractivity contribution in [3.8, 4) is 11.5 Å². The minimum atomic E-state index is -1.63. The summed E-state index contributed by atoms with van der Waals surface area (Å²) in [4.78, 5) is 40.3. The molecule has 1 heterocycles. The molecule has 0 aliphatic carbocycles. The van der Waals surface area contributed by atoms with E-state index < -0.39 is 35.5 Å². The minimum Gasteiger partial charge on any atom is -0.508 e. The number of thioether (sulfide) groups is 1. The molecule has 35 heavy (non-hydrogen) atoms. The van der Waals surface area contributed by atoms with E-state index in [4.69, 9.17) is 0 Å². The van der Waals surface area contributed by atoms with Crippen LogP contribution in [0.1, 0.15) is 36.7 Å². The van der Waals surface area contributed by atoms with Gasteiger partial charge in [0.25, 0.3) is 11.8 Å². The van der Waals surface area contributed by atoms with E-state index in [9.17, 15) is 29.7 Å². The number of amides is 3. The van der Waals surface area contributed by atoms with Gasteiger partial charge < -0.3 is 30.9 Å². The van der Waals surface area contributed by atoms with Crippen molar-refractivity contribution >= 4 is 29.5 Å². The number of aromatic hydroxyl groups is 2. The predicted octanol–water partition coefficient (Wildman–Crippen LogP) is 1.62. The van der Waals surface area contributed by atoms with Crippen LogP contribution in [0.15, 0.2) is 48.5 Å². The highest BCUT2D eigenvalue weighted by Gasteiger charge is 2.40. The maximum Gasteiger partial charge on any atom is 0.254 e. The molecule has 5 N–H and O–H groups in total. The lowest BCUT2D eigenvalue weighted by atomic mass is 9.99. The molecule has 1 saturated heterocycles. The van der Waals surface area contributed by atoms with E-state index in [1.54, 1.807) is 12.1 Å². The number of aliphatic hydroxyl groups excluding tert-OH is 1. The molecule has 3 atom stereocenters. The summed E-state index contributed by atoms with van der Waals surface area (Å²) in [5.41, 5.74) is 0.273. The van der Waals surface area contributed by atoms with Gasteiger partial charge in [-0.15, -0.1) is 11.8 Å². The second-order valence-corrected chi connectivity index (χ2v) is 10.5. The third-order valence-electron chi connectivity index (χ3n) is 5.38. The number of carbonyl (C=O) groups excluding carboxylic acids is 3. The molecule has 0 aromatic heterocycles. The molecule has 2 aromatic rings. The monoisotopic (exact) mass is 501 g/mol. The second-order valence-electron chi connectivity index (χ2n) is 9.52. The summed E-state index contributed by atoms with van der Waals surface area (Å²) in [5.74, 6) is -1.60. The molecule has 2 unspecified atom stereocenters. The molecule has 1 fully saturated rings. The maximum atomic E-state index is 13.3. The Kier molecular flexibility index (Phi) is 8.29. The van der Waals surface area contributed by atoms with Gasteiger partial charge in [-0.25, -0.2) is 0 Å². The van der Waals surface area contributed by atoms with Crippen molar-refractivity contribution in [3.63, 3.8) is 0 Å². The molecule has 1 aliphatic rings. The predicted molar refractivity (Wildman–Crippen MR) is 133 cm³/mol. The first kappa shape index (κ1) is 26.4. The Labute approximate surface area is 208 Å². The molecule has 9 nitrogen and oxygen atoms in total. The van der Waals surface area contributed by atoms with Gasteiger partial charge in [-0.3, -0.25) is 14.4 Å². The largest absolute Gasteiger partial charge is 0.508 e. The summed E-state index contributed by atoms with van der Waals surface area (Å²) in [7, 11) is 0. The summed E-state index contributed by atoms with van der Waals surface area (Å²) in [6, 6.07) is 10.7. The van der Waals surface area contributed by atoms with Crippen molar-refractivity contribution in [2.75, 3.05) is 11.6 Å². The quantitative estimate of drug-likeness (QED) is 0.388. The zero-order valence-electron chi connectivity index (χ0n) is 19.9. The summed E-state index contributed by atoms with van der Waals surface area (Å²) in [6.07, 6.45) is -1.49. The van der Waals surface area contributed by atoms with Crippen LogP contribution in [-0.2, 0) is 16.0 Å². The number of phenolic OH excluding ortho intramolecular Hbond substituents is 2. The van der Waals surface area contributed by atoms with Crippen LogP contribution in [0.4, 0.5) is 0 Å². The van der Waals surface area contributed by atoms with E-state index in [0.29, 0.717) is 5.75 Å². The SMILES string of the molecule is CC(C)(C)NC(=O)[C@@H]1CSCN1C(=O)C(O)C(Cc1ccccc1)NC(=O)c1cc(O)cc(O)c1. The second kappa shape index (κ2) is 11.0. The Bertz CT molecular complexity index is 1050. The number of carbonyl (C=O) groups is 3. The van der Waals surface area contributed by atoms with E-state index in [2.05, 4.69) is 10.6 Å². The standard InChI is InChI=1S/C25H31N3O6S/c1-25(2,3)27-23(33)20-13-35-14-28(20)24(34)21(31)19(9-15-7-5-4-6-8-15)26-22(32)16-10-17(29)12-18(30)11-16/h4-8,10-12,19-21,29-31H,9,13-14H2,1-3H3,(H,26,32)(H,27,33)/t19?,20-,21?/m0/s1. The number of nitrogens with one attached hydrogen (secondary N) is 2. The fourth-order valence-corrected chi connectivity index (χ4v) is 4.92. The maximum absolute atomic E-state index is 13.3. The Morgan fingerprint density at radius 3 is 2.31 bits per heavy atom. The third-order valence-corrected chi connectivity index (χ3v) is 6.39. The average molecular weight is 502 g/mol. The molecule has 1 aliphatic heterocycles. The van der Waals surface area contributed by atoms with E-state index in [1.165, 1.54) is 28.8 Å². The van der Waals surface area contributed by atoms with E-state index in [1.807, 2.05) is 39.0 Å². The number of benzene rings is 2. The van der Waals surface area contributed by atoms with Gasteiger partial charge in [-0.2, -0.15) is 0 Å². The topological polar surface area (TPSA) is 139 Å². The zero-order valence-corrected chi connectivity index (χ0v) is 20.7. The van der Waals surface area contributed by atoms with Crippen LogP contribution in [-0.4, -0.2) is 73.3 Å². The average Bonchev–Trinajstić information content (AvgIpc) is 3.27. The lowest BCUT2D eigenvalue weighted by Crippen LogP contribution is -2.57. The van der Waals surface area contributed by atoms with Crippen molar-refractivity contribution in [3.05, 3.63) is 59.7 Å². The highest BCUT2D eigenvalue weighted by Crippen LogP contribution is 2.24. The molecule has 0 radical (unpaired) electrons. The van der Waals surface area contributed by atoms with E-state index >= 15 is 0 Å². The van der Waals surface area contributed by atoms with Gasteiger partial charge in [-0.1, -0.05) is 30.3 Å². The van der Waals surface area contributed by atoms with Crippen molar-refractivity contribution in [1.29, 1.82) is 0 Å². The molecule has 0 spiro atoms. The van der Waals surface area contributed by atoms with Gasteiger partial charge in [0.2, 0.25) is 5.91 Å². The van der Waals surface area contributed by atoms with Gasteiger partial charge in [0.1, 0.15) is 17.5 Å². The normalized spacial score (nSPS) is 17.5. The highest BCUT2D eigenvalue weighted by molar-refractivity contribution is 7.99. The summed E-state index contributed by atoms with van der Waals surface area (Å²) in [5, 5.41) is 36.1. The van der Waals surface area contributed by atoms with Gasteiger partial charge in [0.15, 0.2) is 6.10 Å². The lowest BCUT2D eigenvalue weighted by Gasteiger charge is -2.31. The molecular formula is C25H31N3O6S. The minimum absolute atomic E-state index is 0.0284. The number of rotatable bonds is 7. The molecule has 3 rings (SSSR count). The Balaban J connectivity index is 1.82. The first-order valence-electron chi connectivity index (χ1n) is 11.2. The molecule has 2 aromatic carbocycles. The molecule has 188 valence electrons. The van der Waals surface area contributed by atoms with Crippen LogP contribution < -0.4 is 10.6 Å². The van der Waals surface area contributed by atoms with Crippen LogP contribution in [0.25, 0.3) is 0 Å².